The summed E-state index contributed by atoms with van der Waals surface area (Å²) in [6, 6.07) is 0. The zero-order chi connectivity index (χ0) is 8.41. The standard InChI is InChI=1S/C8H18O2.FH/c1-7(2,3)9-10-8(4,5)6;/h1-6H3;1H. The van der Waals surface area contributed by atoms with Crippen LogP contribution in [0.5, 0.6) is 0 Å². The van der Waals surface area contributed by atoms with E-state index in [9.17, 15) is 0 Å². The molecule has 0 N–H and O–H groups in total. The van der Waals surface area contributed by atoms with Gasteiger partial charge in [0, 0.05) is 0 Å². The molecule has 0 bridgehead atoms. The van der Waals surface area contributed by atoms with Gasteiger partial charge in [-0.3, -0.25) is 4.70 Å². The largest absolute Gasteiger partial charge is 0.269 e. The molecule has 0 radical (unpaired) electrons. The molecule has 0 saturated carbocycles. The molecule has 0 rings (SSSR count). The highest BCUT2D eigenvalue weighted by atomic mass is 19.0. The van der Waals surface area contributed by atoms with Crippen LogP contribution in [0.15, 0.2) is 0 Å². The molecule has 0 aromatic heterocycles. The molecule has 0 unspecified atom stereocenters. The number of hydrogen-bond acceptors (Lipinski definition) is 2. The van der Waals surface area contributed by atoms with E-state index in [1.807, 2.05) is 41.5 Å². The summed E-state index contributed by atoms with van der Waals surface area (Å²) in [5.74, 6) is 0. The van der Waals surface area contributed by atoms with Crippen molar-refractivity contribution in [3.63, 3.8) is 0 Å². The van der Waals surface area contributed by atoms with Crippen molar-refractivity contribution in [2.75, 3.05) is 0 Å². The molecule has 0 amide bonds. The zero-order valence-corrected chi connectivity index (χ0v) is 8.22. The molecule has 0 aliphatic carbocycles. The third-order valence-corrected chi connectivity index (χ3v) is 0.542. The molecule has 3 heteroatoms. The fourth-order valence-electron chi connectivity index (χ4n) is 0.250. The van der Waals surface area contributed by atoms with E-state index in [1.165, 1.54) is 0 Å². The van der Waals surface area contributed by atoms with Gasteiger partial charge < -0.3 is 0 Å². The van der Waals surface area contributed by atoms with Crippen molar-refractivity contribution in [2.45, 2.75) is 52.7 Å². The van der Waals surface area contributed by atoms with Crippen LogP contribution < -0.4 is 0 Å². The van der Waals surface area contributed by atoms with E-state index < -0.39 is 0 Å². The average molecular weight is 166 g/mol. The molecule has 70 valence electrons. The molecule has 0 aliphatic heterocycles. The van der Waals surface area contributed by atoms with Crippen LogP contribution >= 0.6 is 0 Å². The molecule has 11 heavy (non-hydrogen) atoms. The van der Waals surface area contributed by atoms with E-state index in [-0.39, 0.29) is 15.9 Å². The maximum Gasteiger partial charge on any atom is 0.0952 e. The number of hydrogen-bond donors (Lipinski definition) is 0. The van der Waals surface area contributed by atoms with E-state index in [2.05, 4.69) is 0 Å². The van der Waals surface area contributed by atoms with Crippen LogP contribution in [0.2, 0.25) is 0 Å². The van der Waals surface area contributed by atoms with Gasteiger partial charge in [-0.1, -0.05) is 0 Å². The van der Waals surface area contributed by atoms with Gasteiger partial charge in [0.1, 0.15) is 0 Å². The lowest BCUT2D eigenvalue weighted by Crippen LogP contribution is -2.27. The van der Waals surface area contributed by atoms with Crippen LogP contribution in [0.4, 0.5) is 4.70 Å². The lowest BCUT2D eigenvalue weighted by atomic mass is 10.2. The Morgan fingerprint density at radius 2 is 0.818 bits per heavy atom. The average Bonchev–Trinajstić information content (AvgIpc) is 1.57. The second-order valence-corrected chi connectivity index (χ2v) is 4.39. The smallest absolute Gasteiger partial charge is 0.0952 e. The monoisotopic (exact) mass is 166 g/mol. The maximum absolute atomic E-state index is 5.09. The topological polar surface area (TPSA) is 18.5 Å². The van der Waals surface area contributed by atoms with E-state index in [0.29, 0.717) is 0 Å². The van der Waals surface area contributed by atoms with Crippen molar-refractivity contribution in [1.29, 1.82) is 0 Å². The number of rotatable bonds is 1. The Bertz CT molecular complexity index is 85.6. The highest BCUT2D eigenvalue weighted by Crippen LogP contribution is 2.14. The fraction of sp³-hybridized carbons (Fsp3) is 1.00. The third-order valence-electron chi connectivity index (χ3n) is 0.542. The van der Waals surface area contributed by atoms with Crippen LogP contribution in [0, 0.1) is 0 Å². The molecule has 0 fully saturated rings. The summed E-state index contributed by atoms with van der Waals surface area (Å²) in [4.78, 5) is 10.2. The van der Waals surface area contributed by atoms with Crippen molar-refractivity contribution >= 4 is 0 Å². The van der Waals surface area contributed by atoms with Gasteiger partial charge in [0.25, 0.3) is 0 Å². The van der Waals surface area contributed by atoms with Crippen LogP contribution in [-0.4, -0.2) is 11.2 Å². The van der Waals surface area contributed by atoms with Gasteiger partial charge in [-0.25, -0.2) is 9.78 Å². The van der Waals surface area contributed by atoms with Gasteiger partial charge in [0.15, 0.2) is 0 Å². The molecule has 0 aromatic carbocycles. The second kappa shape index (κ2) is 4.02. The van der Waals surface area contributed by atoms with Crippen molar-refractivity contribution < 1.29 is 14.5 Å². The SMILES string of the molecule is CC(C)(C)OOC(C)(C)C.F. The Balaban J connectivity index is 0. The van der Waals surface area contributed by atoms with Crippen molar-refractivity contribution in [2.24, 2.45) is 0 Å². The lowest BCUT2D eigenvalue weighted by molar-refractivity contribution is -0.393. The molecule has 0 heterocycles. The molecule has 0 aromatic rings. The van der Waals surface area contributed by atoms with Crippen LogP contribution in [-0.2, 0) is 9.78 Å². The molecule has 0 saturated heterocycles. The van der Waals surface area contributed by atoms with Crippen molar-refractivity contribution in [1.82, 2.24) is 0 Å². The first-order valence-corrected chi connectivity index (χ1v) is 3.57. The Labute approximate surface area is 68.2 Å². The summed E-state index contributed by atoms with van der Waals surface area (Å²) in [7, 11) is 0. The van der Waals surface area contributed by atoms with E-state index in [4.69, 9.17) is 9.78 Å². The number of halogens is 1. The highest BCUT2D eigenvalue weighted by Gasteiger charge is 2.18. The Morgan fingerprint density at radius 3 is 0.909 bits per heavy atom. The molecule has 2 nitrogen and oxygen atoms in total. The summed E-state index contributed by atoms with van der Waals surface area (Å²) in [5, 5.41) is 0. The lowest BCUT2D eigenvalue weighted by Gasteiger charge is -2.24. The van der Waals surface area contributed by atoms with Gasteiger partial charge >= 0.3 is 0 Å². The summed E-state index contributed by atoms with van der Waals surface area (Å²) >= 11 is 0. The molecular formula is C8H19FO2. The fourth-order valence-corrected chi connectivity index (χ4v) is 0.250. The molecular weight excluding hydrogens is 147 g/mol. The summed E-state index contributed by atoms with van der Waals surface area (Å²) in [6.07, 6.45) is 0. The van der Waals surface area contributed by atoms with Gasteiger partial charge in [0.2, 0.25) is 0 Å². The third kappa shape index (κ3) is 12.9. The molecule has 0 atom stereocenters. The van der Waals surface area contributed by atoms with Crippen LogP contribution in [0.25, 0.3) is 0 Å². The normalized spacial score (nSPS) is 12.5. The van der Waals surface area contributed by atoms with Crippen molar-refractivity contribution in [3.05, 3.63) is 0 Å². The van der Waals surface area contributed by atoms with E-state index >= 15 is 0 Å². The van der Waals surface area contributed by atoms with Gasteiger partial charge in [-0.15, -0.1) is 0 Å². The molecule has 0 aliphatic rings. The van der Waals surface area contributed by atoms with Crippen LogP contribution in [0.3, 0.4) is 0 Å². The first-order chi connectivity index (χ1) is 4.21. The minimum absolute atomic E-state index is 0. The predicted molar refractivity (Wildman–Crippen MR) is 44.2 cm³/mol. The summed E-state index contributed by atoms with van der Waals surface area (Å²) in [5.41, 5.74) is -0.430. The maximum atomic E-state index is 5.09. The van der Waals surface area contributed by atoms with Crippen molar-refractivity contribution in [3.8, 4) is 0 Å². The quantitative estimate of drug-likeness (QED) is 0.440. The molecule has 0 spiro atoms. The van der Waals surface area contributed by atoms with E-state index in [1.54, 1.807) is 0 Å². The minimum atomic E-state index is -0.215. The summed E-state index contributed by atoms with van der Waals surface area (Å²) < 4.78 is 0. The Hall–Kier alpha value is -0.150. The first kappa shape index (κ1) is 13.4. The van der Waals surface area contributed by atoms with Crippen LogP contribution in [0.1, 0.15) is 41.5 Å². The van der Waals surface area contributed by atoms with Gasteiger partial charge in [-0.2, -0.15) is 0 Å². The van der Waals surface area contributed by atoms with Gasteiger partial charge in [0.05, 0.1) is 11.2 Å². The Kier molecular flexibility index (Phi) is 4.91. The second-order valence-electron chi connectivity index (χ2n) is 4.39. The predicted octanol–water partition coefficient (Wildman–Crippen LogP) is 2.68. The van der Waals surface area contributed by atoms with Gasteiger partial charge in [-0.05, 0) is 41.5 Å². The Morgan fingerprint density at radius 1 is 0.636 bits per heavy atom. The first-order valence-electron chi connectivity index (χ1n) is 3.57. The zero-order valence-electron chi connectivity index (χ0n) is 8.22. The van der Waals surface area contributed by atoms with E-state index in [0.717, 1.165) is 0 Å². The highest BCUT2D eigenvalue weighted by molar-refractivity contribution is 4.58. The minimum Gasteiger partial charge on any atom is -0.269 e. The summed E-state index contributed by atoms with van der Waals surface area (Å²) in [6.45, 7) is 11.7.